The van der Waals surface area contributed by atoms with Gasteiger partial charge in [-0.25, -0.2) is 0 Å². The van der Waals surface area contributed by atoms with Crippen LogP contribution in [0.3, 0.4) is 0 Å². The molecule has 0 saturated carbocycles. The normalized spacial score (nSPS) is 23.2. The summed E-state index contributed by atoms with van der Waals surface area (Å²) in [5.41, 5.74) is 1.22. The largest absolute Gasteiger partial charge is 0.462 e. The van der Waals surface area contributed by atoms with E-state index in [9.17, 15) is 9.90 Å². The number of para-hydroxylation sites is 1. The molecule has 88 valence electrons. The van der Waals surface area contributed by atoms with E-state index in [0.29, 0.717) is 24.2 Å². The van der Waals surface area contributed by atoms with Crippen molar-refractivity contribution in [1.29, 1.82) is 0 Å². The highest BCUT2D eigenvalue weighted by atomic mass is 16.6. The van der Waals surface area contributed by atoms with Crippen LogP contribution >= 0.6 is 0 Å². The van der Waals surface area contributed by atoms with E-state index in [0.717, 1.165) is 10.9 Å². The minimum absolute atomic E-state index is 0.130. The smallest absolute Gasteiger partial charge is 0.255 e. The highest BCUT2D eigenvalue weighted by Crippen LogP contribution is 2.34. The molecule has 1 unspecified atom stereocenters. The monoisotopic (exact) mass is 231 g/mol. The van der Waals surface area contributed by atoms with Crippen molar-refractivity contribution in [3.8, 4) is 5.75 Å². The van der Waals surface area contributed by atoms with Crippen LogP contribution in [-0.2, 0) is 6.42 Å². The number of rotatable bonds is 0. The molecule has 2 aromatic rings. The van der Waals surface area contributed by atoms with Crippen LogP contribution in [0.5, 0.6) is 5.75 Å². The number of hydrogen-bond donors (Lipinski definition) is 2. The SMILES string of the molecule is CC1(O)CCc2c(c3ccccc3[nH]c2=O)O1. The molecule has 4 heteroatoms. The molecule has 0 bridgehead atoms. The second kappa shape index (κ2) is 3.34. The van der Waals surface area contributed by atoms with Crippen LogP contribution in [0, 0.1) is 0 Å². The molecular formula is C13H13NO3. The van der Waals surface area contributed by atoms with E-state index in [2.05, 4.69) is 4.98 Å². The van der Waals surface area contributed by atoms with Crippen LogP contribution in [0.4, 0.5) is 0 Å². The molecule has 1 aromatic carbocycles. The number of pyridine rings is 1. The summed E-state index contributed by atoms with van der Waals surface area (Å²) in [6, 6.07) is 7.44. The van der Waals surface area contributed by atoms with Crippen LogP contribution in [0.2, 0.25) is 0 Å². The third-order valence-corrected chi connectivity index (χ3v) is 3.13. The van der Waals surface area contributed by atoms with E-state index in [1.54, 1.807) is 6.92 Å². The zero-order valence-electron chi connectivity index (χ0n) is 9.49. The molecule has 1 aliphatic rings. The van der Waals surface area contributed by atoms with Crippen molar-refractivity contribution in [2.45, 2.75) is 25.6 Å². The number of benzene rings is 1. The molecule has 1 aromatic heterocycles. The molecule has 3 rings (SSSR count). The van der Waals surface area contributed by atoms with E-state index in [1.165, 1.54) is 0 Å². The minimum Gasteiger partial charge on any atom is -0.462 e. The van der Waals surface area contributed by atoms with Gasteiger partial charge in [0.1, 0.15) is 5.75 Å². The predicted octanol–water partition coefficient (Wildman–Crippen LogP) is 1.56. The lowest BCUT2D eigenvalue weighted by Gasteiger charge is -2.31. The Kier molecular flexibility index (Phi) is 2.03. The van der Waals surface area contributed by atoms with Crippen molar-refractivity contribution < 1.29 is 9.84 Å². The van der Waals surface area contributed by atoms with Gasteiger partial charge in [0.15, 0.2) is 0 Å². The lowest BCUT2D eigenvalue weighted by atomic mass is 10.00. The van der Waals surface area contributed by atoms with Gasteiger partial charge in [0.05, 0.1) is 11.1 Å². The Balaban J connectivity index is 2.35. The molecular weight excluding hydrogens is 218 g/mol. The molecule has 17 heavy (non-hydrogen) atoms. The van der Waals surface area contributed by atoms with Gasteiger partial charge in [-0.2, -0.15) is 0 Å². The fourth-order valence-electron chi connectivity index (χ4n) is 2.23. The first-order chi connectivity index (χ1) is 8.07. The van der Waals surface area contributed by atoms with Gasteiger partial charge in [-0.1, -0.05) is 12.1 Å². The lowest BCUT2D eigenvalue weighted by molar-refractivity contribution is -0.133. The third kappa shape index (κ3) is 1.61. The summed E-state index contributed by atoms with van der Waals surface area (Å²) < 4.78 is 5.55. The van der Waals surface area contributed by atoms with Crippen molar-refractivity contribution in [1.82, 2.24) is 4.98 Å². The van der Waals surface area contributed by atoms with E-state index in [-0.39, 0.29) is 5.56 Å². The first-order valence-corrected chi connectivity index (χ1v) is 5.62. The number of fused-ring (bicyclic) bond motifs is 3. The number of aromatic amines is 1. The average Bonchev–Trinajstić information content (AvgIpc) is 2.28. The van der Waals surface area contributed by atoms with Crippen molar-refractivity contribution in [2.75, 3.05) is 0 Å². The third-order valence-electron chi connectivity index (χ3n) is 3.13. The van der Waals surface area contributed by atoms with Gasteiger partial charge in [0.25, 0.3) is 5.56 Å². The number of hydrogen-bond acceptors (Lipinski definition) is 3. The van der Waals surface area contributed by atoms with E-state index in [1.807, 2.05) is 24.3 Å². The Labute approximate surface area is 97.9 Å². The fourth-order valence-corrected chi connectivity index (χ4v) is 2.23. The van der Waals surface area contributed by atoms with Crippen LogP contribution in [0.15, 0.2) is 29.1 Å². The van der Waals surface area contributed by atoms with Crippen LogP contribution in [0.1, 0.15) is 18.9 Å². The maximum Gasteiger partial charge on any atom is 0.255 e. The first kappa shape index (κ1) is 10.4. The number of ether oxygens (including phenoxy) is 1. The summed E-state index contributed by atoms with van der Waals surface area (Å²) in [4.78, 5) is 14.7. The maximum atomic E-state index is 11.9. The summed E-state index contributed by atoms with van der Waals surface area (Å²) in [7, 11) is 0. The van der Waals surface area contributed by atoms with Crippen LogP contribution in [0.25, 0.3) is 10.9 Å². The van der Waals surface area contributed by atoms with E-state index >= 15 is 0 Å². The average molecular weight is 231 g/mol. The Morgan fingerprint density at radius 3 is 3.00 bits per heavy atom. The van der Waals surface area contributed by atoms with Crippen molar-refractivity contribution in [3.63, 3.8) is 0 Å². The zero-order valence-corrected chi connectivity index (χ0v) is 9.49. The van der Waals surface area contributed by atoms with Crippen LogP contribution < -0.4 is 10.3 Å². The molecule has 2 N–H and O–H groups in total. The molecule has 1 aliphatic heterocycles. The standard InChI is InChI=1S/C13H13NO3/c1-13(16)7-6-9-11(17-13)8-4-2-3-5-10(8)14-12(9)15/h2-5,16H,6-7H2,1H3,(H,14,15). The molecule has 4 nitrogen and oxygen atoms in total. The lowest BCUT2D eigenvalue weighted by Crippen LogP contribution is -2.38. The minimum atomic E-state index is -1.19. The molecule has 0 saturated heterocycles. The van der Waals surface area contributed by atoms with Gasteiger partial charge in [0, 0.05) is 18.7 Å². The topological polar surface area (TPSA) is 62.3 Å². The van der Waals surface area contributed by atoms with Gasteiger partial charge >= 0.3 is 0 Å². The molecule has 1 atom stereocenters. The Morgan fingerprint density at radius 1 is 1.41 bits per heavy atom. The van der Waals surface area contributed by atoms with Crippen molar-refractivity contribution in [2.24, 2.45) is 0 Å². The first-order valence-electron chi connectivity index (χ1n) is 5.62. The number of aliphatic hydroxyl groups is 1. The van der Waals surface area contributed by atoms with Gasteiger partial charge in [-0.05, 0) is 18.6 Å². The molecule has 0 fully saturated rings. The number of aromatic nitrogens is 1. The summed E-state index contributed by atoms with van der Waals surface area (Å²) in [6.07, 6.45) is 0.962. The highest BCUT2D eigenvalue weighted by molar-refractivity contribution is 5.86. The summed E-state index contributed by atoms with van der Waals surface area (Å²) >= 11 is 0. The van der Waals surface area contributed by atoms with E-state index in [4.69, 9.17) is 4.74 Å². The molecule has 0 aliphatic carbocycles. The predicted molar refractivity (Wildman–Crippen MR) is 64.1 cm³/mol. The second-order valence-corrected chi connectivity index (χ2v) is 4.58. The summed E-state index contributed by atoms with van der Waals surface area (Å²) in [5, 5.41) is 10.8. The molecule has 2 heterocycles. The molecule has 0 spiro atoms. The number of H-pyrrole nitrogens is 1. The van der Waals surface area contributed by atoms with Crippen molar-refractivity contribution >= 4 is 10.9 Å². The maximum absolute atomic E-state index is 11.9. The van der Waals surface area contributed by atoms with Gasteiger partial charge in [0.2, 0.25) is 5.79 Å². The quantitative estimate of drug-likeness (QED) is 0.723. The van der Waals surface area contributed by atoms with Crippen LogP contribution in [-0.4, -0.2) is 15.9 Å². The second-order valence-electron chi connectivity index (χ2n) is 4.58. The van der Waals surface area contributed by atoms with Crippen molar-refractivity contribution in [3.05, 3.63) is 40.2 Å². The molecule has 0 radical (unpaired) electrons. The fraction of sp³-hybridized carbons (Fsp3) is 0.308. The number of nitrogens with one attached hydrogen (secondary N) is 1. The molecule has 0 amide bonds. The van der Waals surface area contributed by atoms with Gasteiger partial charge in [-0.15, -0.1) is 0 Å². The Morgan fingerprint density at radius 2 is 2.18 bits per heavy atom. The highest BCUT2D eigenvalue weighted by Gasteiger charge is 2.31. The van der Waals surface area contributed by atoms with Gasteiger partial charge < -0.3 is 14.8 Å². The summed E-state index contributed by atoms with van der Waals surface area (Å²) in [6.45, 7) is 1.62. The summed E-state index contributed by atoms with van der Waals surface area (Å²) in [5.74, 6) is -0.676. The Bertz CT molecular complexity index is 643. The van der Waals surface area contributed by atoms with E-state index < -0.39 is 5.79 Å². The van der Waals surface area contributed by atoms with Gasteiger partial charge in [-0.3, -0.25) is 4.79 Å². The Hall–Kier alpha value is -1.81. The zero-order chi connectivity index (χ0) is 12.0.